The van der Waals surface area contributed by atoms with Gasteiger partial charge in [0, 0.05) is 18.0 Å². The predicted octanol–water partition coefficient (Wildman–Crippen LogP) is 6.20. The topological polar surface area (TPSA) is 122 Å². The Labute approximate surface area is 216 Å². The maximum absolute atomic E-state index is 12.6. The summed E-state index contributed by atoms with van der Waals surface area (Å²) in [5.41, 5.74) is 1.73. The Balaban J connectivity index is 1.76. The second-order valence-electron chi connectivity index (χ2n) is 8.45. The van der Waals surface area contributed by atoms with Gasteiger partial charge in [0.2, 0.25) is 0 Å². The minimum Gasteiger partial charge on any atom is -0.459 e. The van der Waals surface area contributed by atoms with Gasteiger partial charge in [-0.2, -0.15) is 0 Å². The van der Waals surface area contributed by atoms with Crippen LogP contribution in [-0.4, -0.2) is 25.8 Å². The number of ether oxygens (including phenoxy) is 1. The number of nitro benzene ring substituents is 1. The summed E-state index contributed by atoms with van der Waals surface area (Å²) in [7, 11) is 0. The molecule has 0 aliphatic rings. The maximum Gasteiger partial charge on any atom is 0.339 e. The Morgan fingerprint density at radius 3 is 2.35 bits per heavy atom. The summed E-state index contributed by atoms with van der Waals surface area (Å²) < 4.78 is 29.2. The van der Waals surface area contributed by atoms with E-state index in [-0.39, 0.29) is 23.2 Å². The van der Waals surface area contributed by atoms with Gasteiger partial charge in [-0.15, -0.1) is 0 Å². The molecule has 0 heterocycles. The number of rotatable bonds is 9. The molecule has 4 aromatic rings. The van der Waals surface area contributed by atoms with Crippen molar-refractivity contribution in [3.05, 3.63) is 106 Å². The third-order valence-corrected chi connectivity index (χ3v) is 6.30. The number of esters is 1. The SMILES string of the molecule is CC(C)OC(=O)c1ccc(N(c2ccc(NCc3ccccc3)c([N+](=O)[O-])c2)S(=O)O)c2ccccc12. The number of hydrogen-bond acceptors (Lipinski definition) is 6. The quantitative estimate of drug-likeness (QED) is 0.117. The molecule has 0 amide bonds. The summed E-state index contributed by atoms with van der Waals surface area (Å²) in [4.78, 5) is 24.0. The van der Waals surface area contributed by atoms with Crippen LogP contribution in [0.4, 0.5) is 22.7 Å². The highest BCUT2D eigenvalue weighted by Crippen LogP contribution is 2.38. The summed E-state index contributed by atoms with van der Waals surface area (Å²) >= 11 is -2.58. The van der Waals surface area contributed by atoms with E-state index in [4.69, 9.17) is 4.74 Å². The largest absolute Gasteiger partial charge is 0.459 e. The number of nitrogens with zero attached hydrogens (tertiary/aromatic N) is 2. The van der Waals surface area contributed by atoms with Gasteiger partial charge in [-0.1, -0.05) is 54.6 Å². The minimum atomic E-state index is -2.58. The number of hydrogen-bond donors (Lipinski definition) is 2. The molecule has 1 unspecified atom stereocenters. The molecule has 0 aliphatic heterocycles. The molecule has 0 fully saturated rings. The fourth-order valence-corrected chi connectivity index (χ4v) is 4.59. The van der Waals surface area contributed by atoms with Crippen LogP contribution in [0.2, 0.25) is 0 Å². The first-order chi connectivity index (χ1) is 17.8. The van der Waals surface area contributed by atoms with Crippen LogP contribution in [0.5, 0.6) is 0 Å². The fraction of sp³-hybridized carbons (Fsp3) is 0.148. The Morgan fingerprint density at radius 2 is 1.70 bits per heavy atom. The lowest BCUT2D eigenvalue weighted by Gasteiger charge is -2.23. The van der Waals surface area contributed by atoms with Crippen molar-refractivity contribution >= 4 is 50.8 Å². The van der Waals surface area contributed by atoms with Crippen molar-refractivity contribution in [3.8, 4) is 0 Å². The molecule has 0 bridgehead atoms. The van der Waals surface area contributed by atoms with Gasteiger partial charge in [0.1, 0.15) is 5.69 Å². The molecule has 0 aliphatic carbocycles. The Hall–Kier alpha value is -4.28. The maximum atomic E-state index is 12.6. The third-order valence-electron chi connectivity index (χ3n) is 5.58. The molecule has 0 saturated heterocycles. The molecular formula is C27H25N3O6S. The number of benzene rings is 4. The average Bonchev–Trinajstić information content (AvgIpc) is 2.88. The van der Waals surface area contributed by atoms with Gasteiger partial charge < -0.3 is 10.1 Å². The van der Waals surface area contributed by atoms with Gasteiger partial charge in [-0.3, -0.25) is 14.7 Å². The lowest BCUT2D eigenvalue weighted by atomic mass is 10.0. The van der Waals surface area contributed by atoms with Crippen LogP contribution in [-0.2, 0) is 22.5 Å². The van der Waals surface area contributed by atoms with Gasteiger partial charge in [0.25, 0.3) is 17.0 Å². The first kappa shape index (κ1) is 25.8. The van der Waals surface area contributed by atoms with Gasteiger partial charge in [0.05, 0.1) is 28.0 Å². The molecule has 0 spiro atoms. The second kappa shape index (κ2) is 11.2. The molecule has 190 valence electrons. The highest BCUT2D eigenvalue weighted by molar-refractivity contribution is 7.81. The lowest BCUT2D eigenvalue weighted by Crippen LogP contribution is -2.20. The summed E-state index contributed by atoms with van der Waals surface area (Å²) in [6, 6.07) is 23.7. The van der Waals surface area contributed by atoms with Crippen LogP contribution in [0.15, 0.2) is 84.9 Å². The van der Waals surface area contributed by atoms with Crippen molar-refractivity contribution in [1.82, 2.24) is 0 Å². The molecule has 9 nitrogen and oxygen atoms in total. The van der Waals surface area contributed by atoms with Crippen molar-refractivity contribution in [2.24, 2.45) is 0 Å². The van der Waals surface area contributed by atoms with Gasteiger partial charge in [-0.25, -0.2) is 13.3 Å². The first-order valence-corrected chi connectivity index (χ1v) is 12.5. The van der Waals surface area contributed by atoms with E-state index in [1.165, 1.54) is 30.3 Å². The zero-order valence-corrected chi connectivity index (χ0v) is 21.0. The molecule has 10 heteroatoms. The van der Waals surface area contributed by atoms with Crippen LogP contribution < -0.4 is 9.62 Å². The number of anilines is 3. The number of nitro groups is 1. The van der Waals surface area contributed by atoms with Crippen molar-refractivity contribution in [3.63, 3.8) is 0 Å². The van der Waals surface area contributed by atoms with Gasteiger partial charge in [-0.05, 0) is 49.1 Å². The van der Waals surface area contributed by atoms with Crippen molar-refractivity contribution in [1.29, 1.82) is 0 Å². The third kappa shape index (κ3) is 5.76. The van der Waals surface area contributed by atoms with Crippen LogP contribution in [0.25, 0.3) is 10.8 Å². The minimum absolute atomic E-state index is 0.139. The molecule has 2 N–H and O–H groups in total. The zero-order valence-electron chi connectivity index (χ0n) is 20.2. The number of fused-ring (bicyclic) bond motifs is 1. The Kier molecular flexibility index (Phi) is 7.80. The van der Waals surface area contributed by atoms with E-state index in [1.54, 1.807) is 38.1 Å². The van der Waals surface area contributed by atoms with Crippen molar-refractivity contribution in [2.45, 2.75) is 26.5 Å². The normalized spacial score (nSPS) is 11.8. The van der Waals surface area contributed by atoms with E-state index in [0.29, 0.717) is 28.6 Å². The van der Waals surface area contributed by atoms with E-state index in [9.17, 15) is 23.7 Å². The molecule has 37 heavy (non-hydrogen) atoms. The standard InChI is InChI=1S/C27H25N3O6S/c1-18(2)36-27(31)23-13-15-25(22-11-7-6-10-21(22)23)29(37(34)35)20-12-14-24(26(16-20)30(32)33)28-17-19-8-4-3-5-9-19/h3-16,18,28H,17H2,1-2H3,(H,34,35). The summed E-state index contributed by atoms with van der Waals surface area (Å²) in [6.45, 7) is 3.86. The van der Waals surface area contributed by atoms with E-state index >= 15 is 0 Å². The van der Waals surface area contributed by atoms with Crippen molar-refractivity contribution < 1.29 is 23.2 Å². The molecule has 0 saturated carbocycles. The molecular weight excluding hydrogens is 494 g/mol. The number of carbonyl (C=O) groups excluding carboxylic acids is 1. The smallest absolute Gasteiger partial charge is 0.339 e. The van der Waals surface area contributed by atoms with E-state index in [2.05, 4.69) is 5.32 Å². The number of carbonyl (C=O) groups is 1. The fourth-order valence-electron chi connectivity index (χ4n) is 3.97. The van der Waals surface area contributed by atoms with Gasteiger partial charge >= 0.3 is 5.97 Å². The highest BCUT2D eigenvalue weighted by atomic mass is 32.2. The second-order valence-corrected chi connectivity index (χ2v) is 9.28. The monoisotopic (exact) mass is 519 g/mol. The van der Waals surface area contributed by atoms with Crippen molar-refractivity contribution in [2.75, 3.05) is 9.62 Å². The summed E-state index contributed by atoms with van der Waals surface area (Å²) in [5.74, 6) is -0.515. The van der Waals surface area contributed by atoms with Crippen LogP contribution in [0.3, 0.4) is 0 Å². The Morgan fingerprint density at radius 1 is 1.03 bits per heavy atom. The Bertz CT molecular complexity index is 1480. The highest BCUT2D eigenvalue weighted by Gasteiger charge is 2.24. The molecule has 0 radical (unpaired) electrons. The molecule has 4 rings (SSSR count). The molecule has 1 atom stereocenters. The van der Waals surface area contributed by atoms with Gasteiger partial charge in [0.15, 0.2) is 0 Å². The van der Waals surface area contributed by atoms with E-state index in [0.717, 1.165) is 9.87 Å². The van der Waals surface area contributed by atoms with Crippen LogP contribution >= 0.6 is 0 Å². The first-order valence-electron chi connectivity index (χ1n) is 11.5. The van der Waals surface area contributed by atoms with Crippen LogP contribution in [0, 0.1) is 10.1 Å². The van der Waals surface area contributed by atoms with E-state index in [1.807, 2.05) is 30.3 Å². The average molecular weight is 520 g/mol. The summed E-state index contributed by atoms with van der Waals surface area (Å²) in [6.07, 6.45) is -0.318. The zero-order chi connectivity index (χ0) is 26.5. The van der Waals surface area contributed by atoms with Crippen LogP contribution in [0.1, 0.15) is 29.8 Å². The van der Waals surface area contributed by atoms with E-state index < -0.39 is 22.2 Å². The predicted molar refractivity (Wildman–Crippen MR) is 144 cm³/mol. The number of nitrogens with one attached hydrogen (secondary N) is 1. The molecule has 0 aromatic heterocycles. The lowest BCUT2D eigenvalue weighted by molar-refractivity contribution is -0.383. The summed E-state index contributed by atoms with van der Waals surface area (Å²) in [5, 5.41) is 16.0. The molecule has 4 aromatic carbocycles.